The number of halogens is 1. The zero-order valence-electron chi connectivity index (χ0n) is 4.98. The van der Waals surface area contributed by atoms with Gasteiger partial charge in [0.05, 0.1) is 0 Å². The molecule has 0 spiro atoms. The predicted molar refractivity (Wildman–Crippen MR) is 41.3 cm³/mol. The molecule has 0 aliphatic carbocycles. The Morgan fingerprint density at radius 1 is 1.43 bits per heavy atom. The first kappa shape index (κ1) is 10.7. The third-order valence-corrected chi connectivity index (χ3v) is 1.08. The van der Waals surface area contributed by atoms with Crippen molar-refractivity contribution in [3.05, 3.63) is 0 Å². The summed E-state index contributed by atoms with van der Waals surface area (Å²) >= 11 is 0. The molecule has 7 heavy (non-hydrogen) atoms. The van der Waals surface area contributed by atoms with Gasteiger partial charge in [-0.05, 0) is 18.5 Å². The molecule has 2 heteroatoms. The molecule has 46 valence electrons. The van der Waals surface area contributed by atoms with E-state index in [-0.39, 0.29) is 12.4 Å². The molecule has 0 fully saturated rings. The van der Waals surface area contributed by atoms with Crippen LogP contribution in [-0.2, 0) is 0 Å². The van der Waals surface area contributed by atoms with Gasteiger partial charge in [0.25, 0.3) is 0 Å². The summed E-state index contributed by atoms with van der Waals surface area (Å²) in [7, 11) is 2.72. The van der Waals surface area contributed by atoms with Crippen molar-refractivity contribution in [3.8, 4) is 0 Å². The highest BCUT2D eigenvalue weighted by Crippen LogP contribution is 2.00. The molecule has 0 saturated carbocycles. The fraction of sp³-hybridized carbons (Fsp3) is 1.00. The Bertz CT molecular complexity index is 29.3. The first-order chi connectivity index (χ1) is 2.77. The molecule has 0 saturated heterocycles. The van der Waals surface area contributed by atoms with Crippen LogP contribution in [0.2, 0.25) is 0 Å². The van der Waals surface area contributed by atoms with E-state index in [9.17, 15) is 0 Å². The number of hydrogen-bond acceptors (Lipinski definition) is 0. The third-order valence-electron chi connectivity index (χ3n) is 0.744. The summed E-state index contributed by atoms with van der Waals surface area (Å²) in [5.41, 5.74) is 0. The average molecular weight is 141 g/mol. The van der Waals surface area contributed by atoms with Gasteiger partial charge in [0.1, 0.15) is 0 Å². The molecule has 0 N–H and O–H groups in total. The van der Waals surface area contributed by atoms with Crippen molar-refractivity contribution >= 4 is 21.6 Å². The lowest BCUT2D eigenvalue weighted by atomic mass is 10.2. The maximum Gasteiger partial charge on any atom is -0.0379 e. The maximum atomic E-state index is 2.72. The zero-order chi connectivity index (χ0) is 4.99. The van der Waals surface area contributed by atoms with Crippen molar-refractivity contribution in [2.24, 2.45) is 5.92 Å². The second kappa shape index (κ2) is 6.72. The summed E-state index contributed by atoms with van der Waals surface area (Å²) < 4.78 is 0. The van der Waals surface area contributed by atoms with E-state index < -0.39 is 0 Å². The predicted octanol–water partition coefficient (Wildman–Crippen LogP) is 2.33. The van der Waals surface area contributed by atoms with Crippen LogP contribution in [0.3, 0.4) is 0 Å². The zero-order valence-corrected chi connectivity index (χ0v) is 6.95. The van der Waals surface area contributed by atoms with Crippen LogP contribution in [0.5, 0.6) is 0 Å². The minimum Gasteiger partial charge on any atom is -0.147 e. The molecule has 0 aliphatic heterocycles. The number of hydrogen-bond donors (Lipinski definition) is 0. The number of rotatable bonds is 2. The van der Waals surface area contributed by atoms with Gasteiger partial charge in [-0.25, -0.2) is 0 Å². The second-order valence-electron chi connectivity index (χ2n) is 1.97. The van der Waals surface area contributed by atoms with Crippen LogP contribution in [-0.4, -0.2) is 6.16 Å². The van der Waals surface area contributed by atoms with Gasteiger partial charge in [0.15, 0.2) is 0 Å². The fourth-order valence-electron chi connectivity index (χ4n) is 0.333. The molecule has 0 aromatic heterocycles. The fourth-order valence-corrected chi connectivity index (χ4v) is 1.00. The molecular weight excluding hydrogens is 126 g/mol. The molecule has 0 amide bonds. The van der Waals surface area contributed by atoms with Crippen LogP contribution >= 0.6 is 21.6 Å². The first-order valence-corrected chi connectivity index (χ1v) is 3.29. The summed E-state index contributed by atoms with van der Waals surface area (Å²) in [6.07, 6.45) is 2.59. The second-order valence-corrected chi connectivity index (χ2v) is 2.55. The molecule has 0 aromatic carbocycles. The Kier molecular flexibility index (Phi) is 10.2. The Morgan fingerprint density at radius 3 is 1.86 bits per heavy atom. The van der Waals surface area contributed by atoms with E-state index in [1.807, 2.05) is 0 Å². The molecule has 1 atom stereocenters. The minimum atomic E-state index is 0. The largest absolute Gasteiger partial charge is 0.147 e. The lowest BCUT2D eigenvalue weighted by Gasteiger charge is -1.95. The standard InChI is InChI=1S/C5H13P.ClH/c1-5(2)3-4-6;/h5H,3-4,6H2,1-2H3;1H. The smallest absolute Gasteiger partial charge is 0.0379 e. The van der Waals surface area contributed by atoms with Crippen molar-refractivity contribution in [1.82, 2.24) is 0 Å². The van der Waals surface area contributed by atoms with Crippen LogP contribution in [0.1, 0.15) is 20.3 Å². The van der Waals surface area contributed by atoms with Gasteiger partial charge in [-0.3, -0.25) is 0 Å². The molecule has 0 nitrogen and oxygen atoms in total. The van der Waals surface area contributed by atoms with Gasteiger partial charge in [-0.15, -0.1) is 21.6 Å². The van der Waals surface area contributed by atoms with E-state index in [1.54, 1.807) is 0 Å². The SMILES string of the molecule is CC(C)CCP.Cl. The van der Waals surface area contributed by atoms with E-state index in [2.05, 4.69) is 23.1 Å². The Hall–Kier alpha value is 0.720. The summed E-state index contributed by atoms with van der Waals surface area (Å²) in [5, 5.41) is 0. The van der Waals surface area contributed by atoms with E-state index in [0.717, 1.165) is 5.92 Å². The quantitative estimate of drug-likeness (QED) is 0.517. The normalized spacial score (nSPS) is 8.57. The van der Waals surface area contributed by atoms with E-state index >= 15 is 0 Å². The van der Waals surface area contributed by atoms with Gasteiger partial charge < -0.3 is 0 Å². The monoisotopic (exact) mass is 140 g/mol. The molecule has 0 rings (SSSR count). The summed E-state index contributed by atoms with van der Waals surface area (Å²) in [6.45, 7) is 4.48. The van der Waals surface area contributed by atoms with Gasteiger partial charge in [0.2, 0.25) is 0 Å². The van der Waals surface area contributed by atoms with Crippen LogP contribution < -0.4 is 0 Å². The maximum absolute atomic E-state index is 2.72. The molecule has 0 aromatic rings. The van der Waals surface area contributed by atoms with Gasteiger partial charge in [-0.1, -0.05) is 13.8 Å². The summed E-state index contributed by atoms with van der Waals surface area (Å²) in [5.74, 6) is 0.877. The van der Waals surface area contributed by atoms with E-state index in [0.29, 0.717) is 0 Å². The lowest BCUT2D eigenvalue weighted by Crippen LogP contribution is -1.84. The topological polar surface area (TPSA) is 0 Å². The molecule has 0 aliphatic rings. The van der Waals surface area contributed by atoms with Crippen molar-refractivity contribution in [2.75, 3.05) is 6.16 Å². The van der Waals surface area contributed by atoms with Crippen LogP contribution in [0.25, 0.3) is 0 Å². The Labute approximate surface area is 54.7 Å². The van der Waals surface area contributed by atoms with Crippen LogP contribution in [0, 0.1) is 5.92 Å². The molecule has 0 radical (unpaired) electrons. The Balaban J connectivity index is 0. The van der Waals surface area contributed by atoms with Gasteiger partial charge >= 0.3 is 0 Å². The molecule has 0 bridgehead atoms. The van der Waals surface area contributed by atoms with E-state index in [1.165, 1.54) is 12.6 Å². The highest BCUT2D eigenvalue weighted by atomic mass is 35.5. The lowest BCUT2D eigenvalue weighted by molar-refractivity contribution is 0.632. The van der Waals surface area contributed by atoms with Crippen molar-refractivity contribution in [3.63, 3.8) is 0 Å². The molecule has 0 heterocycles. The van der Waals surface area contributed by atoms with Crippen molar-refractivity contribution in [1.29, 1.82) is 0 Å². The van der Waals surface area contributed by atoms with Gasteiger partial charge in [-0.2, -0.15) is 0 Å². The van der Waals surface area contributed by atoms with E-state index in [4.69, 9.17) is 0 Å². The van der Waals surface area contributed by atoms with Crippen LogP contribution in [0.4, 0.5) is 0 Å². The molecule has 1 unspecified atom stereocenters. The summed E-state index contributed by atoms with van der Waals surface area (Å²) in [6, 6.07) is 0. The third kappa shape index (κ3) is 10.8. The summed E-state index contributed by atoms with van der Waals surface area (Å²) in [4.78, 5) is 0. The minimum absolute atomic E-state index is 0. The van der Waals surface area contributed by atoms with Crippen molar-refractivity contribution < 1.29 is 0 Å². The van der Waals surface area contributed by atoms with Crippen molar-refractivity contribution in [2.45, 2.75) is 20.3 Å². The Morgan fingerprint density at radius 2 is 1.86 bits per heavy atom. The van der Waals surface area contributed by atoms with Gasteiger partial charge in [0, 0.05) is 0 Å². The average Bonchev–Trinajstić information content (AvgIpc) is 1.35. The molecular formula is C5H14ClP. The highest BCUT2D eigenvalue weighted by molar-refractivity contribution is 7.16. The van der Waals surface area contributed by atoms with Crippen LogP contribution in [0.15, 0.2) is 0 Å². The first-order valence-electron chi connectivity index (χ1n) is 2.47. The highest BCUT2D eigenvalue weighted by Gasteiger charge is 1.85.